The van der Waals surface area contributed by atoms with Crippen LogP contribution in [0.25, 0.3) is 0 Å². The molecule has 0 bridgehead atoms. The van der Waals surface area contributed by atoms with E-state index in [1.807, 2.05) is 30.3 Å². The summed E-state index contributed by atoms with van der Waals surface area (Å²) in [6.45, 7) is 2.52. The van der Waals surface area contributed by atoms with Crippen LogP contribution in [-0.4, -0.2) is 32.0 Å². The smallest absolute Gasteiger partial charge is 0.355 e. The van der Waals surface area contributed by atoms with Crippen molar-refractivity contribution in [3.05, 3.63) is 71.5 Å². The number of methoxy groups -OCH3 is 1. The highest BCUT2D eigenvalue weighted by atomic mass is 19.1. The van der Waals surface area contributed by atoms with Gasteiger partial charge in [-0.3, -0.25) is 0 Å². The Bertz CT molecular complexity index is 749. The Balaban J connectivity index is 1.95. The van der Waals surface area contributed by atoms with Crippen LogP contribution in [0.4, 0.5) is 4.39 Å². The van der Waals surface area contributed by atoms with Gasteiger partial charge in [-0.2, -0.15) is 0 Å². The van der Waals surface area contributed by atoms with E-state index in [2.05, 4.69) is 9.89 Å². The van der Waals surface area contributed by atoms with Crippen molar-refractivity contribution in [3.63, 3.8) is 0 Å². The molecule has 1 unspecified atom stereocenters. The lowest BCUT2D eigenvalue weighted by atomic mass is 10.0. The fraction of sp³-hybridized carbons (Fsp3) is 0.333. The molecule has 0 saturated carbocycles. The molecule has 0 N–H and O–H groups in total. The maximum Gasteiger partial charge on any atom is 0.355 e. The van der Waals surface area contributed by atoms with Crippen molar-refractivity contribution in [2.24, 2.45) is 11.1 Å². The summed E-state index contributed by atoms with van der Waals surface area (Å²) in [5.41, 5.74) is 1.76. The van der Waals surface area contributed by atoms with Gasteiger partial charge in [-0.1, -0.05) is 53.7 Å². The van der Waals surface area contributed by atoms with Crippen molar-refractivity contribution in [2.45, 2.75) is 20.0 Å². The lowest BCUT2D eigenvalue weighted by molar-refractivity contribution is -0.133. The van der Waals surface area contributed by atoms with Crippen molar-refractivity contribution >= 4 is 11.7 Å². The molecule has 0 fully saturated rings. The molecule has 0 radical (unpaired) electrons. The second kappa shape index (κ2) is 11.1. The first-order valence-corrected chi connectivity index (χ1v) is 8.70. The van der Waals surface area contributed by atoms with E-state index < -0.39 is 5.97 Å². The zero-order valence-corrected chi connectivity index (χ0v) is 15.6. The van der Waals surface area contributed by atoms with Crippen LogP contribution in [0.1, 0.15) is 18.1 Å². The molecule has 0 saturated heterocycles. The Kier molecular flexibility index (Phi) is 8.45. The number of nitrogens with zero attached hydrogens (tertiary/aromatic N) is 1. The van der Waals surface area contributed by atoms with Crippen LogP contribution >= 0.6 is 0 Å². The highest BCUT2D eigenvalue weighted by molar-refractivity contribution is 6.35. The fourth-order valence-corrected chi connectivity index (χ4v) is 2.48. The molecule has 0 heterocycles. The minimum atomic E-state index is -0.555. The van der Waals surface area contributed by atoms with Gasteiger partial charge in [0.05, 0.1) is 20.3 Å². The first-order chi connectivity index (χ1) is 13.1. The zero-order valence-electron chi connectivity index (χ0n) is 15.6. The third-order valence-corrected chi connectivity index (χ3v) is 3.92. The van der Waals surface area contributed by atoms with E-state index in [1.165, 1.54) is 20.1 Å². The molecule has 2 aromatic carbocycles. The number of carbonyl (C=O) groups excluding carboxylic acids is 1. The fourth-order valence-electron chi connectivity index (χ4n) is 2.48. The summed E-state index contributed by atoms with van der Waals surface area (Å²) in [5, 5.41) is 3.76. The van der Waals surface area contributed by atoms with Crippen LogP contribution in [-0.2, 0) is 32.1 Å². The van der Waals surface area contributed by atoms with Crippen molar-refractivity contribution in [2.75, 3.05) is 20.3 Å². The topological polar surface area (TPSA) is 57.1 Å². The summed E-state index contributed by atoms with van der Waals surface area (Å²) in [4.78, 5) is 16.6. The Morgan fingerprint density at radius 1 is 1.07 bits per heavy atom. The number of hydrogen-bond donors (Lipinski definition) is 0. The molecule has 2 rings (SSSR count). The number of halogens is 1. The van der Waals surface area contributed by atoms with Gasteiger partial charge in [-0.05, 0) is 30.5 Å². The van der Waals surface area contributed by atoms with Crippen molar-refractivity contribution in [1.29, 1.82) is 0 Å². The average molecular weight is 373 g/mol. The molecular weight excluding hydrogens is 349 g/mol. The van der Waals surface area contributed by atoms with Crippen LogP contribution < -0.4 is 0 Å². The number of rotatable bonds is 10. The van der Waals surface area contributed by atoms with Crippen LogP contribution in [0.15, 0.2) is 59.8 Å². The van der Waals surface area contributed by atoms with Crippen molar-refractivity contribution in [3.8, 4) is 0 Å². The van der Waals surface area contributed by atoms with E-state index in [0.717, 1.165) is 5.56 Å². The molecular formula is C21H24FNO4. The number of benzene rings is 2. The van der Waals surface area contributed by atoms with E-state index in [1.54, 1.807) is 18.2 Å². The average Bonchev–Trinajstić information content (AvgIpc) is 2.69. The molecule has 144 valence electrons. The van der Waals surface area contributed by atoms with Crippen LogP contribution in [0.3, 0.4) is 0 Å². The molecule has 0 aliphatic carbocycles. The van der Waals surface area contributed by atoms with Gasteiger partial charge in [0.1, 0.15) is 12.4 Å². The van der Waals surface area contributed by atoms with E-state index in [0.29, 0.717) is 25.2 Å². The van der Waals surface area contributed by atoms with Gasteiger partial charge in [0.15, 0.2) is 5.71 Å². The zero-order chi connectivity index (χ0) is 19.5. The minimum absolute atomic E-state index is 0.118. The van der Waals surface area contributed by atoms with Crippen molar-refractivity contribution < 1.29 is 23.5 Å². The molecule has 0 aromatic heterocycles. The Hall–Kier alpha value is -2.73. The summed E-state index contributed by atoms with van der Waals surface area (Å²) < 4.78 is 24.3. The van der Waals surface area contributed by atoms with Crippen LogP contribution in [0.5, 0.6) is 0 Å². The predicted molar refractivity (Wildman–Crippen MR) is 101 cm³/mol. The number of oxime groups is 1. The van der Waals surface area contributed by atoms with Gasteiger partial charge in [0.2, 0.25) is 0 Å². The van der Waals surface area contributed by atoms with Crippen LogP contribution in [0.2, 0.25) is 0 Å². The lowest BCUT2D eigenvalue weighted by Crippen LogP contribution is -2.20. The van der Waals surface area contributed by atoms with E-state index in [4.69, 9.17) is 9.57 Å². The Morgan fingerprint density at radius 3 is 2.48 bits per heavy atom. The van der Waals surface area contributed by atoms with Gasteiger partial charge < -0.3 is 14.3 Å². The Labute approximate surface area is 158 Å². The molecule has 0 spiro atoms. The summed E-state index contributed by atoms with van der Waals surface area (Å²) in [5.74, 6) is -0.944. The third kappa shape index (κ3) is 7.19. The number of esters is 1. The summed E-state index contributed by atoms with van der Waals surface area (Å²) in [6.07, 6.45) is 0.439. The molecule has 0 aliphatic rings. The standard InChI is InChI=1S/C21H24FNO4/c1-16(21(24)25-2)23-27-15-18(12-19-10-6-7-11-20(19)22)14-26-13-17-8-4-3-5-9-17/h3-11,18H,12-15H2,1-2H3/b23-16+. The molecule has 0 aliphatic heterocycles. The number of ether oxygens (including phenoxy) is 2. The maximum absolute atomic E-state index is 14.0. The molecule has 5 nitrogen and oxygen atoms in total. The largest absolute Gasteiger partial charge is 0.464 e. The molecule has 2 aromatic rings. The second-order valence-electron chi connectivity index (χ2n) is 6.13. The summed E-state index contributed by atoms with van der Waals surface area (Å²) in [6, 6.07) is 16.4. The normalized spacial score (nSPS) is 12.5. The van der Waals surface area contributed by atoms with Crippen LogP contribution in [0, 0.1) is 11.7 Å². The lowest BCUT2D eigenvalue weighted by Gasteiger charge is -2.17. The van der Waals surface area contributed by atoms with Gasteiger partial charge in [-0.15, -0.1) is 0 Å². The predicted octanol–water partition coefficient (Wildman–Crippen LogP) is 3.77. The molecule has 1 atom stereocenters. The van der Waals surface area contributed by atoms with Crippen molar-refractivity contribution in [1.82, 2.24) is 0 Å². The second-order valence-corrected chi connectivity index (χ2v) is 6.13. The van der Waals surface area contributed by atoms with Gasteiger partial charge in [0.25, 0.3) is 0 Å². The highest BCUT2D eigenvalue weighted by Gasteiger charge is 2.15. The molecule has 27 heavy (non-hydrogen) atoms. The molecule has 0 amide bonds. The van der Waals surface area contributed by atoms with E-state index >= 15 is 0 Å². The minimum Gasteiger partial charge on any atom is -0.464 e. The number of carbonyl (C=O) groups is 1. The first kappa shape index (κ1) is 20.6. The quantitative estimate of drug-likeness (QED) is 0.361. The Morgan fingerprint density at radius 2 is 1.78 bits per heavy atom. The third-order valence-electron chi connectivity index (χ3n) is 3.92. The SMILES string of the molecule is COC(=O)/C(C)=N/OCC(COCc1ccccc1)Cc1ccccc1F. The molecule has 6 heteroatoms. The van der Waals surface area contributed by atoms with Gasteiger partial charge >= 0.3 is 5.97 Å². The van der Waals surface area contributed by atoms with Gasteiger partial charge in [0, 0.05) is 5.92 Å². The monoisotopic (exact) mass is 373 g/mol. The van der Waals surface area contributed by atoms with Gasteiger partial charge in [-0.25, -0.2) is 9.18 Å². The number of hydrogen-bond acceptors (Lipinski definition) is 5. The summed E-state index contributed by atoms with van der Waals surface area (Å²) >= 11 is 0. The highest BCUT2D eigenvalue weighted by Crippen LogP contribution is 2.15. The maximum atomic E-state index is 14.0. The summed E-state index contributed by atoms with van der Waals surface area (Å²) in [7, 11) is 1.28. The van der Waals surface area contributed by atoms with E-state index in [9.17, 15) is 9.18 Å². The first-order valence-electron chi connectivity index (χ1n) is 8.70. The van der Waals surface area contributed by atoms with E-state index in [-0.39, 0.29) is 24.1 Å².